The number of alkyl halides is 1. The van der Waals surface area contributed by atoms with Crippen molar-refractivity contribution in [3.63, 3.8) is 0 Å². The zero-order valence-corrected chi connectivity index (χ0v) is 20.0. The Morgan fingerprint density at radius 1 is 1.30 bits per heavy atom. The number of aliphatic hydroxyl groups is 1. The first kappa shape index (κ1) is 23.1. The van der Waals surface area contributed by atoms with Crippen LogP contribution in [-0.2, 0) is 39.1 Å². The van der Waals surface area contributed by atoms with Gasteiger partial charge in [0, 0.05) is 50.2 Å². The van der Waals surface area contributed by atoms with Crippen molar-refractivity contribution in [1.82, 2.24) is 4.98 Å². The molecule has 2 unspecified atom stereocenters. The first-order chi connectivity index (χ1) is 12.5. The van der Waals surface area contributed by atoms with Gasteiger partial charge in [0.25, 0.3) is 0 Å². The number of nitrogens with zero attached hydrogens (tertiary/aromatic N) is 1. The molecule has 1 fully saturated rings. The monoisotopic (exact) mass is 481 g/mol. The number of aliphatic hydroxyl groups excluding tert-OH is 1. The number of benzene rings is 1. The van der Waals surface area contributed by atoms with Crippen LogP contribution in [0.5, 0.6) is 5.75 Å². The fourth-order valence-corrected chi connectivity index (χ4v) is 4.32. The third-order valence-electron chi connectivity index (χ3n) is 5.42. The summed E-state index contributed by atoms with van der Waals surface area (Å²) in [6, 6.07) is 8.71. The molecule has 3 nitrogen and oxygen atoms in total. The number of aromatic nitrogens is 1. The topological polar surface area (TPSA) is 42.4 Å². The third kappa shape index (κ3) is 5.90. The zero-order valence-electron chi connectivity index (χ0n) is 15.7. The van der Waals surface area contributed by atoms with E-state index in [9.17, 15) is 5.11 Å². The molecule has 4 atom stereocenters. The Bertz CT molecular complexity index is 759. The van der Waals surface area contributed by atoms with Crippen molar-refractivity contribution in [2.24, 2.45) is 11.8 Å². The summed E-state index contributed by atoms with van der Waals surface area (Å²) in [4.78, 5) is 4.20. The molecule has 3 rings (SSSR count). The van der Waals surface area contributed by atoms with Crippen LogP contribution in [0.3, 0.4) is 0 Å². The maximum Gasteiger partial charge on any atom is 0.140 e. The van der Waals surface area contributed by atoms with E-state index in [1.165, 1.54) is 0 Å². The van der Waals surface area contributed by atoms with Gasteiger partial charge < -0.3 is 9.84 Å². The van der Waals surface area contributed by atoms with Crippen LogP contribution in [-0.4, -0.2) is 28.2 Å². The molecular formula is C21H24Cl2NO2Y-. The molecule has 1 aliphatic carbocycles. The third-order valence-corrected chi connectivity index (χ3v) is 6.14. The normalized spacial score (nSPS) is 24.5. The van der Waals surface area contributed by atoms with E-state index in [-0.39, 0.29) is 49.9 Å². The summed E-state index contributed by atoms with van der Waals surface area (Å²) in [5, 5.41) is 11.0. The second kappa shape index (κ2) is 10.6. The maximum absolute atomic E-state index is 10.5. The molecule has 0 bridgehead atoms. The van der Waals surface area contributed by atoms with E-state index in [2.05, 4.69) is 11.1 Å². The minimum absolute atomic E-state index is 0. The zero-order chi connectivity index (χ0) is 18.7. The molecule has 1 heterocycles. The molecule has 27 heavy (non-hydrogen) atoms. The number of ether oxygens (including phenoxy) is 1. The predicted molar refractivity (Wildman–Crippen MR) is 105 cm³/mol. The first-order valence-corrected chi connectivity index (χ1v) is 9.79. The van der Waals surface area contributed by atoms with Gasteiger partial charge in [-0.05, 0) is 43.7 Å². The Kier molecular flexibility index (Phi) is 9.03. The summed E-state index contributed by atoms with van der Waals surface area (Å²) in [7, 11) is 0. The van der Waals surface area contributed by atoms with Crippen LogP contribution < -0.4 is 4.74 Å². The van der Waals surface area contributed by atoms with Crippen LogP contribution in [0, 0.1) is 31.7 Å². The molecule has 0 saturated heterocycles. The number of aryl methyl sites for hydroxylation is 2. The molecule has 0 amide bonds. The minimum Gasteiger partial charge on any atom is -0.491 e. The van der Waals surface area contributed by atoms with E-state index >= 15 is 0 Å². The Morgan fingerprint density at radius 2 is 2.07 bits per heavy atom. The van der Waals surface area contributed by atoms with Crippen LogP contribution >= 0.6 is 23.2 Å². The number of pyridine rings is 1. The summed E-state index contributed by atoms with van der Waals surface area (Å²) in [5.74, 6) is 1.01. The van der Waals surface area contributed by atoms with Gasteiger partial charge in [-0.2, -0.15) is 23.8 Å². The molecule has 1 aromatic heterocycles. The Hall–Kier alpha value is -0.186. The molecule has 0 spiro atoms. The van der Waals surface area contributed by atoms with E-state index in [0.29, 0.717) is 18.1 Å². The van der Waals surface area contributed by atoms with E-state index < -0.39 is 6.10 Å². The van der Waals surface area contributed by atoms with Crippen molar-refractivity contribution < 1.29 is 42.6 Å². The van der Waals surface area contributed by atoms with Gasteiger partial charge in [0.2, 0.25) is 0 Å². The van der Waals surface area contributed by atoms with E-state index in [1.807, 2.05) is 38.2 Å². The number of rotatable bonds is 6. The smallest absolute Gasteiger partial charge is 0.140 e. The number of hydrogen-bond acceptors (Lipinski definition) is 3. The summed E-state index contributed by atoms with van der Waals surface area (Å²) >= 11 is 12.5. The molecule has 1 N–H and O–H groups in total. The minimum atomic E-state index is -0.395. The molecule has 6 heteroatoms. The van der Waals surface area contributed by atoms with Crippen LogP contribution in [0.4, 0.5) is 0 Å². The molecule has 143 valence electrons. The van der Waals surface area contributed by atoms with Gasteiger partial charge in [0.15, 0.2) is 0 Å². The average Bonchev–Trinajstić information content (AvgIpc) is 2.87. The SMILES string of the molecule is Cc1cncc(OC[C@H]2C(Cl)CC(O)[C@@H]2CCc2cc[c-]c(Cl)c2)c1C.[Y]. The van der Waals surface area contributed by atoms with Gasteiger partial charge in [-0.15, -0.1) is 29.3 Å². The first-order valence-electron chi connectivity index (χ1n) is 8.98. The van der Waals surface area contributed by atoms with Gasteiger partial charge in [0.05, 0.1) is 18.9 Å². The second-order valence-corrected chi connectivity index (χ2v) is 8.09. The quantitative estimate of drug-likeness (QED) is 0.477. The Labute approximate surface area is 196 Å². The molecule has 1 saturated carbocycles. The molecule has 0 aliphatic heterocycles. The van der Waals surface area contributed by atoms with Gasteiger partial charge >= 0.3 is 0 Å². The largest absolute Gasteiger partial charge is 0.491 e. The van der Waals surface area contributed by atoms with Crippen molar-refractivity contribution in [3.05, 3.63) is 58.4 Å². The van der Waals surface area contributed by atoms with Crippen molar-refractivity contribution in [2.45, 2.75) is 44.6 Å². The second-order valence-electron chi connectivity index (χ2n) is 7.12. The summed E-state index contributed by atoms with van der Waals surface area (Å²) in [6.45, 7) is 4.54. The van der Waals surface area contributed by atoms with E-state index in [4.69, 9.17) is 27.9 Å². The van der Waals surface area contributed by atoms with E-state index in [1.54, 1.807) is 6.20 Å². The Morgan fingerprint density at radius 3 is 2.81 bits per heavy atom. The molecule has 1 radical (unpaired) electrons. The van der Waals surface area contributed by atoms with Crippen molar-refractivity contribution >= 4 is 23.2 Å². The molecule has 2 aromatic rings. The Balaban J connectivity index is 0.00000261. The van der Waals surface area contributed by atoms with Gasteiger partial charge in [-0.3, -0.25) is 4.98 Å². The summed E-state index contributed by atoms with van der Waals surface area (Å²) < 4.78 is 6.04. The number of hydrogen-bond donors (Lipinski definition) is 1. The summed E-state index contributed by atoms with van der Waals surface area (Å²) in [6.07, 6.45) is 5.49. The van der Waals surface area contributed by atoms with Gasteiger partial charge in [-0.1, -0.05) is 11.4 Å². The molecule has 1 aromatic carbocycles. The fourth-order valence-electron chi connectivity index (χ4n) is 3.67. The number of halogens is 2. The van der Waals surface area contributed by atoms with Crippen molar-refractivity contribution in [1.29, 1.82) is 0 Å². The van der Waals surface area contributed by atoms with E-state index in [0.717, 1.165) is 35.3 Å². The van der Waals surface area contributed by atoms with Gasteiger partial charge in [-0.25, -0.2) is 0 Å². The van der Waals surface area contributed by atoms with Crippen LogP contribution in [0.15, 0.2) is 30.6 Å². The predicted octanol–water partition coefficient (Wildman–Crippen LogP) is 4.77. The molecule has 1 aliphatic rings. The van der Waals surface area contributed by atoms with Crippen molar-refractivity contribution in [3.8, 4) is 5.75 Å². The van der Waals surface area contributed by atoms with Crippen LogP contribution in [0.1, 0.15) is 29.5 Å². The van der Waals surface area contributed by atoms with Gasteiger partial charge in [0.1, 0.15) is 5.75 Å². The fraction of sp³-hybridized carbons (Fsp3) is 0.476. The maximum atomic E-state index is 10.5. The summed E-state index contributed by atoms with van der Waals surface area (Å²) in [5.41, 5.74) is 3.35. The standard InChI is InChI=1S/C21H24Cl2NO2.Y/c1-13-10-24-11-21(14(13)2)26-12-18-17(20(25)9-19(18)23)7-6-15-4-3-5-16(22)8-15;/h3-4,8,10-11,17-20,25H,6-7,9,12H2,1-2H3;/q-1;/t17-,18-,19?,20?;/m1./s1. The van der Waals surface area contributed by atoms with Crippen LogP contribution in [0.2, 0.25) is 5.02 Å². The van der Waals surface area contributed by atoms with Crippen LogP contribution in [0.25, 0.3) is 0 Å². The molecular weight excluding hydrogens is 458 g/mol. The average molecular weight is 482 g/mol. The van der Waals surface area contributed by atoms with Crippen molar-refractivity contribution in [2.75, 3.05) is 6.61 Å².